The molecule has 0 N–H and O–H groups in total. The first-order chi connectivity index (χ1) is 13.3. The predicted molar refractivity (Wildman–Crippen MR) is 99.9 cm³/mol. The van der Waals surface area contributed by atoms with Gasteiger partial charge in [-0.25, -0.2) is 0 Å². The Morgan fingerprint density at radius 3 is 2.15 bits per heavy atom. The number of fused-ring (bicyclic) bond motifs is 3. The zero-order chi connectivity index (χ0) is 18.2. The van der Waals surface area contributed by atoms with Crippen LogP contribution in [0.5, 0.6) is 0 Å². The molecule has 0 bridgehead atoms. The summed E-state index contributed by atoms with van der Waals surface area (Å²) in [5, 5.41) is 0. The van der Waals surface area contributed by atoms with E-state index in [0.717, 1.165) is 23.8 Å². The lowest BCUT2D eigenvalue weighted by atomic mass is 9.89. The maximum atomic E-state index is 11.7. The van der Waals surface area contributed by atoms with Gasteiger partial charge < -0.3 is 19.0 Å². The van der Waals surface area contributed by atoms with Gasteiger partial charge in [0, 0.05) is 11.8 Å². The van der Waals surface area contributed by atoms with Crippen molar-refractivity contribution in [3.05, 3.63) is 71.8 Å². The fourth-order valence-electron chi connectivity index (χ4n) is 5.01. The molecule has 0 unspecified atom stereocenters. The van der Waals surface area contributed by atoms with Crippen molar-refractivity contribution in [2.75, 3.05) is 0 Å². The van der Waals surface area contributed by atoms with Crippen LogP contribution in [0.4, 0.5) is 0 Å². The minimum absolute atomic E-state index is 0.00322. The maximum Gasteiger partial charge on any atom is 0.126 e. The molecule has 7 atom stereocenters. The summed E-state index contributed by atoms with van der Waals surface area (Å²) in [5.74, 6) is 0.508. The van der Waals surface area contributed by atoms with Crippen molar-refractivity contribution in [2.24, 2.45) is 17.8 Å². The van der Waals surface area contributed by atoms with Gasteiger partial charge in [-0.3, -0.25) is 0 Å². The summed E-state index contributed by atoms with van der Waals surface area (Å²) in [6.45, 7) is 1.11. The van der Waals surface area contributed by atoms with Gasteiger partial charge in [-0.05, 0) is 23.5 Å². The van der Waals surface area contributed by atoms with E-state index in [1.165, 1.54) is 0 Å². The molecule has 1 heterocycles. The number of epoxide rings is 1. The van der Waals surface area contributed by atoms with Crippen LogP contribution >= 0.6 is 0 Å². The van der Waals surface area contributed by atoms with Gasteiger partial charge >= 0.3 is 0 Å². The van der Waals surface area contributed by atoms with Crippen LogP contribution in [0.3, 0.4) is 0 Å². The predicted octanol–water partition coefficient (Wildman–Crippen LogP) is 3.39. The first kappa shape index (κ1) is 17.1. The molecule has 0 radical (unpaired) electrons. The zero-order valence-corrected chi connectivity index (χ0v) is 15.1. The van der Waals surface area contributed by atoms with Crippen LogP contribution in [0.25, 0.3) is 0 Å². The van der Waals surface area contributed by atoms with Crippen LogP contribution in [-0.4, -0.2) is 30.7 Å². The highest BCUT2D eigenvalue weighted by Gasteiger charge is 2.67. The lowest BCUT2D eigenvalue weighted by molar-refractivity contribution is -0.121. The number of carbonyl (C=O) groups is 1. The fourth-order valence-corrected chi connectivity index (χ4v) is 5.01. The molecule has 2 aromatic carbocycles. The van der Waals surface area contributed by atoms with Crippen molar-refractivity contribution in [3.63, 3.8) is 0 Å². The lowest BCUT2D eigenvalue weighted by Crippen LogP contribution is -2.36. The van der Waals surface area contributed by atoms with Crippen molar-refractivity contribution in [1.82, 2.24) is 0 Å². The summed E-state index contributed by atoms with van der Waals surface area (Å²) in [4.78, 5) is 11.7. The van der Waals surface area contributed by atoms with E-state index in [9.17, 15) is 4.79 Å². The zero-order valence-electron chi connectivity index (χ0n) is 15.1. The highest BCUT2D eigenvalue weighted by molar-refractivity contribution is 5.58. The Balaban J connectivity index is 1.32. The van der Waals surface area contributed by atoms with E-state index in [2.05, 4.69) is 24.3 Å². The second-order valence-electron chi connectivity index (χ2n) is 7.85. The van der Waals surface area contributed by atoms with Gasteiger partial charge in [0.25, 0.3) is 0 Å². The Kier molecular flexibility index (Phi) is 4.56. The number of carbonyl (C=O) groups excluding carboxylic acids is 1. The smallest absolute Gasteiger partial charge is 0.126 e. The number of benzene rings is 2. The Morgan fingerprint density at radius 2 is 1.52 bits per heavy atom. The maximum absolute atomic E-state index is 11.7. The highest BCUT2D eigenvalue weighted by Crippen LogP contribution is 2.58. The number of hydrogen-bond donors (Lipinski definition) is 0. The Labute approximate surface area is 159 Å². The molecular weight excluding hydrogens is 340 g/mol. The third kappa shape index (κ3) is 3.22. The highest BCUT2D eigenvalue weighted by atomic mass is 16.6. The molecule has 0 aromatic heterocycles. The van der Waals surface area contributed by atoms with Crippen LogP contribution in [0.2, 0.25) is 0 Å². The van der Waals surface area contributed by atoms with Crippen LogP contribution in [0.15, 0.2) is 60.7 Å². The average Bonchev–Trinajstić information content (AvgIpc) is 3.33. The molecule has 1 aliphatic heterocycles. The first-order valence-corrected chi connectivity index (χ1v) is 9.77. The molecule has 2 saturated carbocycles. The topological polar surface area (TPSA) is 48.1 Å². The monoisotopic (exact) mass is 364 g/mol. The second-order valence-corrected chi connectivity index (χ2v) is 7.85. The molecule has 4 nitrogen and oxygen atoms in total. The van der Waals surface area contributed by atoms with Crippen molar-refractivity contribution < 1.29 is 19.0 Å². The number of ether oxygens (including phenoxy) is 3. The first-order valence-electron chi connectivity index (χ1n) is 9.77. The summed E-state index contributed by atoms with van der Waals surface area (Å²) < 4.78 is 18.4. The van der Waals surface area contributed by atoms with E-state index < -0.39 is 0 Å². The van der Waals surface area contributed by atoms with Gasteiger partial charge in [-0.15, -0.1) is 0 Å². The van der Waals surface area contributed by atoms with Gasteiger partial charge in [-0.2, -0.15) is 0 Å². The van der Waals surface area contributed by atoms with E-state index in [1.54, 1.807) is 0 Å². The Bertz CT molecular complexity index is 777. The molecule has 3 aliphatic rings. The summed E-state index contributed by atoms with van der Waals surface area (Å²) in [5.41, 5.74) is 2.30. The van der Waals surface area contributed by atoms with E-state index in [4.69, 9.17) is 14.2 Å². The minimum Gasteiger partial charge on any atom is -0.371 e. The van der Waals surface area contributed by atoms with Gasteiger partial charge in [0.15, 0.2) is 0 Å². The van der Waals surface area contributed by atoms with Crippen LogP contribution in [0.1, 0.15) is 17.5 Å². The van der Waals surface area contributed by atoms with E-state index >= 15 is 0 Å². The van der Waals surface area contributed by atoms with Crippen LogP contribution < -0.4 is 0 Å². The minimum atomic E-state index is -0.0643. The second kappa shape index (κ2) is 7.19. The third-order valence-electron chi connectivity index (χ3n) is 6.30. The van der Waals surface area contributed by atoms with Gasteiger partial charge in [-0.1, -0.05) is 60.7 Å². The van der Waals surface area contributed by atoms with E-state index in [1.807, 2.05) is 36.4 Å². The van der Waals surface area contributed by atoms with E-state index in [0.29, 0.717) is 19.1 Å². The fraction of sp³-hybridized carbons (Fsp3) is 0.435. The number of aldehydes is 1. The van der Waals surface area contributed by atoms with Crippen LogP contribution in [0, 0.1) is 17.8 Å². The molecule has 2 aliphatic carbocycles. The molecule has 0 amide bonds. The third-order valence-corrected chi connectivity index (χ3v) is 6.30. The molecule has 2 aromatic rings. The van der Waals surface area contributed by atoms with Gasteiger partial charge in [0.2, 0.25) is 0 Å². The summed E-state index contributed by atoms with van der Waals surface area (Å²) in [7, 11) is 0. The number of hydrogen-bond acceptors (Lipinski definition) is 4. The van der Waals surface area contributed by atoms with Crippen molar-refractivity contribution in [2.45, 2.75) is 44.1 Å². The van der Waals surface area contributed by atoms with Crippen LogP contribution in [-0.2, 0) is 32.2 Å². The Morgan fingerprint density at radius 1 is 0.889 bits per heavy atom. The summed E-state index contributed by atoms with van der Waals surface area (Å²) >= 11 is 0. The molecular formula is C23H24O4. The summed E-state index contributed by atoms with van der Waals surface area (Å²) in [6, 6.07) is 20.4. The molecule has 0 spiro atoms. The molecule has 1 saturated heterocycles. The molecule has 5 rings (SSSR count). The average molecular weight is 364 g/mol. The lowest BCUT2D eigenvalue weighted by Gasteiger charge is -2.28. The standard InChI is InChI=1S/C23H24O4/c24-12-18-20-17(21-22(18)27-21)11-19(25-13-15-7-3-1-4-8-15)23(20)26-14-16-9-5-2-6-10-16/h1-10,12,17-23H,11,13-14H2/t17-,18+,19-,20+,21-,22+,23-/m1/s1. The summed E-state index contributed by atoms with van der Waals surface area (Å²) in [6.07, 6.45) is 2.24. The molecule has 140 valence electrons. The van der Waals surface area contributed by atoms with E-state index in [-0.39, 0.29) is 36.3 Å². The molecule has 4 heteroatoms. The van der Waals surface area contributed by atoms with Gasteiger partial charge in [0.1, 0.15) is 6.29 Å². The quantitative estimate of drug-likeness (QED) is 0.558. The SMILES string of the molecule is O=C[C@@H]1[C@@H]2O[C@@H]2[C@@H]2C[C@@H](OCc3ccccc3)[C@@H](OCc3ccccc3)[C@H]12. The van der Waals surface area contributed by atoms with Crippen molar-refractivity contribution in [1.29, 1.82) is 0 Å². The normalized spacial score (nSPS) is 36.2. The number of rotatable bonds is 7. The molecule has 27 heavy (non-hydrogen) atoms. The van der Waals surface area contributed by atoms with Crippen molar-refractivity contribution in [3.8, 4) is 0 Å². The largest absolute Gasteiger partial charge is 0.371 e. The van der Waals surface area contributed by atoms with Crippen molar-refractivity contribution >= 4 is 6.29 Å². The van der Waals surface area contributed by atoms with Gasteiger partial charge in [0.05, 0.1) is 37.6 Å². The molecule has 3 fully saturated rings. The Hall–Kier alpha value is -2.01.